The van der Waals surface area contributed by atoms with E-state index in [4.69, 9.17) is 28.9 Å². The molecule has 1 aromatic heterocycles. The van der Waals surface area contributed by atoms with Gasteiger partial charge in [-0.2, -0.15) is 0 Å². The van der Waals surface area contributed by atoms with Crippen molar-refractivity contribution < 1.29 is 4.79 Å². The number of nitrogens with two attached hydrogens (primary N) is 1. The predicted octanol–water partition coefficient (Wildman–Crippen LogP) is 2.20. The molecule has 1 aromatic carbocycles. The standard InChI is InChI=1S/C13H14Cl2N4O2/c1-2-18-3-4-19(13(18)21)7-11(20)17-12-9(14)5-8(16)6-10(12)15/h3-6H,2,7,16H2,1H3,(H,17,20). The van der Waals surface area contributed by atoms with E-state index in [2.05, 4.69) is 5.32 Å². The van der Waals surface area contributed by atoms with Crippen LogP contribution < -0.4 is 16.7 Å². The van der Waals surface area contributed by atoms with Gasteiger partial charge < -0.3 is 11.1 Å². The van der Waals surface area contributed by atoms with Crippen molar-refractivity contribution in [2.75, 3.05) is 11.1 Å². The van der Waals surface area contributed by atoms with Gasteiger partial charge in [0.1, 0.15) is 6.54 Å². The molecule has 0 atom stereocenters. The maximum Gasteiger partial charge on any atom is 0.328 e. The van der Waals surface area contributed by atoms with Crippen molar-refractivity contribution in [3.8, 4) is 0 Å². The fraction of sp³-hybridized carbons (Fsp3) is 0.231. The van der Waals surface area contributed by atoms with Gasteiger partial charge in [-0.05, 0) is 19.1 Å². The molecule has 0 spiro atoms. The average molecular weight is 329 g/mol. The number of benzene rings is 1. The second-order valence-corrected chi connectivity index (χ2v) is 5.22. The zero-order chi connectivity index (χ0) is 15.6. The molecule has 112 valence electrons. The summed E-state index contributed by atoms with van der Waals surface area (Å²) in [5, 5.41) is 3.07. The SMILES string of the molecule is CCn1ccn(CC(=O)Nc2c(Cl)cc(N)cc2Cl)c1=O. The molecule has 1 amide bonds. The Balaban J connectivity index is 2.16. The van der Waals surface area contributed by atoms with Gasteiger partial charge in [0.25, 0.3) is 0 Å². The maximum absolute atomic E-state index is 12.0. The molecule has 2 rings (SSSR count). The number of hydrogen-bond acceptors (Lipinski definition) is 3. The highest BCUT2D eigenvalue weighted by Gasteiger charge is 2.12. The lowest BCUT2D eigenvalue weighted by atomic mass is 10.3. The molecule has 1 heterocycles. The Kier molecular flexibility index (Phi) is 4.59. The molecule has 0 aliphatic carbocycles. The van der Waals surface area contributed by atoms with Crippen LogP contribution in [0.3, 0.4) is 0 Å². The quantitative estimate of drug-likeness (QED) is 0.844. The smallest absolute Gasteiger partial charge is 0.328 e. The fourth-order valence-electron chi connectivity index (χ4n) is 1.86. The van der Waals surface area contributed by atoms with Crippen molar-refractivity contribution in [1.29, 1.82) is 0 Å². The summed E-state index contributed by atoms with van der Waals surface area (Å²) >= 11 is 12.0. The molecule has 0 aliphatic heterocycles. The molecule has 8 heteroatoms. The minimum absolute atomic E-state index is 0.122. The molecule has 3 N–H and O–H groups in total. The molecule has 2 aromatic rings. The number of amides is 1. The zero-order valence-electron chi connectivity index (χ0n) is 11.3. The summed E-state index contributed by atoms with van der Waals surface area (Å²) in [5.41, 5.74) is 6.02. The molecule has 0 radical (unpaired) electrons. The monoisotopic (exact) mass is 328 g/mol. The van der Waals surface area contributed by atoms with E-state index in [1.54, 1.807) is 12.4 Å². The third-order valence-electron chi connectivity index (χ3n) is 2.90. The van der Waals surface area contributed by atoms with E-state index in [1.807, 2.05) is 6.92 Å². The van der Waals surface area contributed by atoms with Gasteiger partial charge in [0.05, 0.1) is 15.7 Å². The molecule has 0 saturated heterocycles. The first-order valence-corrected chi connectivity index (χ1v) is 6.98. The number of nitrogens with zero attached hydrogens (tertiary/aromatic N) is 2. The first-order valence-electron chi connectivity index (χ1n) is 6.22. The van der Waals surface area contributed by atoms with Crippen LogP contribution >= 0.6 is 23.2 Å². The summed E-state index contributed by atoms with van der Waals surface area (Å²) in [6.07, 6.45) is 3.18. The largest absolute Gasteiger partial charge is 0.399 e. The van der Waals surface area contributed by atoms with Gasteiger partial charge in [-0.3, -0.25) is 13.9 Å². The average Bonchev–Trinajstić information content (AvgIpc) is 2.75. The molecule has 0 fully saturated rings. The molecular formula is C13H14Cl2N4O2. The van der Waals surface area contributed by atoms with E-state index in [1.165, 1.54) is 21.3 Å². The highest BCUT2D eigenvalue weighted by Crippen LogP contribution is 2.32. The number of imidazole rings is 1. The molecule has 0 saturated carbocycles. The number of anilines is 2. The van der Waals surface area contributed by atoms with Crippen LogP contribution in [-0.2, 0) is 17.9 Å². The van der Waals surface area contributed by atoms with Crippen molar-refractivity contribution in [2.24, 2.45) is 0 Å². The highest BCUT2D eigenvalue weighted by molar-refractivity contribution is 6.40. The number of halogens is 2. The second-order valence-electron chi connectivity index (χ2n) is 4.40. The summed E-state index contributed by atoms with van der Waals surface area (Å²) < 4.78 is 2.80. The zero-order valence-corrected chi connectivity index (χ0v) is 12.8. The van der Waals surface area contributed by atoms with E-state index in [0.29, 0.717) is 12.2 Å². The predicted molar refractivity (Wildman–Crippen MR) is 83.9 cm³/mol. The van der Waals surface area contributed by atoms with Gasteiger partial charge in [0.15, 0.2) is 0 Å². The summed E-state index contributed by atoms with van der Waals surface area (Å²) in [5.74, 6) is -0.403. The van der Waals surface area contributed by atoms with E-state index >= 15 is 0 Å². The van der Waals surface area contributed by atoms with Crippen LogP contribution in [-0.4, -0.2) is 15.0 Å². The van der Waals surface area contributed by atoms with Crippen LogP contribution in [0.5, 0.6) is 0 Å². The lowest BCUT2D eigenvalue weighted by Crippen LogP contribution is -2.29. The lowest BCUT2D eigenvalue weighted by Gasteiger charge is -2.10. The Morgan fingerprint density at radius 3 is 2.33 bits per heavy atom. The number of carbonyl (C=O) groups is 1. The fourth-order valence-corrected chi connectivity index (χ4v) is 2.46. The Hall–Kier alpha value is -1.92. The topological polar surface area (TPSA) is 82.1 Å². The van der Waals surface area contributed by atoms with Gasteiger partial charge in [0.2, 0.25) is 5.91 Å². The van der Waals surface area contributed by atoms with Crippen LogP contribution in [0.2, 0.25) is 10.0 Å². The van der Waals surface area contributed by atoms with E-state index in [9.17, 15) is 9.59 Å². The third kappa shape index (κ3) is 3.40. The van der Waals surface area contributed by atoms with Gasteiger partial charge >= 0.3 is 5.69 Å². The van der Waals surface area contributed by atoms with Gasteiger partial charge in [-0.15, -0.1) is 0 Å². The number of carbonyl (C=O) groups excluding carboxylic acids is 1. The van der Waals surface area contributed by atoms with Crippen LogP contribution in [0, 0.1) is 0 Å². The normalized spacial score (nSPS) is 10.6. The molecule has 6 nitrogen and oxygen atoms in total. The van der Waals surface area contributed by atoms with Crippen LogP contribution in [0.4, 0.5) is 11.4 Å². The third-order valence-corrected chi connectivity index (χ3v) is 3.50. The number of hydrogen-bond donors (Lipinski definition) is 2. The number of nitrogens with one attached hydrogen (secondary N) is 1. The molecule has 0 aliphatic rings. The minimum atomic E-state index is -0.403. The van der Waals surface area contributed by atoms with Gasteiger partial charge in [0, 0.05) is 24.6 Å². The highest BCUT2D eigenvalue weighted by atomic mass is 35.5. The first kappa shape index (κ1) is 15.5. The summed E-state index contributed by atoms with van der Waals surface area (Å²) in [4.78, 5) is 23.8. The minimum Gasteiger partial charge on any atom is -0.399 e. The Bertz CT molecular complexity index is 713. The van der Waals surface area contributed by atoms with Crippen LogP contribution in [0.15, 0.2) is 29.3 Å². The Morgan fingerprint density at radius 1 is 1.24 bits per heavy atom. The van der Waals surface area contributed by atoms with E-state index in [-0.39, 0.29) is 28.0 Å². The van der Waals surface area contributed by atoms with Crippen molar-refractivity contribution >= 4 is 40.5 Å². The van der Waals surface area contributed by atoms with Gasteiger partial charge in [-0.1, -0.05) is 23.2 Å². The van der Waals surface area contributed by atoms with Crippen LogP contribution in [0.1, 0.15) is 6.92 Å². The first-order chi connectivity index (χ1) is 9.92. The molecule has 21 heavy (non-hydrogen) atoms. The number of nitrogen functional groups attached to an aromatic ring is 1. The molecule has 0 unspecified atom stereocenters. The van der Waals surface area contributed by atoms with Crippen molar-refractivity contribution in [3.05, 3.63) is 45.1 Å². The maximum atomic E-state index is 12.0. The summed E-state index contributed by atoms with van der Waals surface area (Å²) in [6.45, 7) is 2.27. The van der Waals surface area contributed by atoms with Gasteiger partial charge in [-0.25, -0.2) is 4.79 Å². The van der Waals surface area contributed by atoms with Crippen LogP contribution in [0.25, 0.3) is 0 Å². The van der Waals surface area contributed by atoms with Crippen molar-refractivity contribution in [1.82, 2.24) is 9.13 Å². The summed E-state index contributed by atoms with van der Waals surface area (Å²) in [7, 11) is 0. The number of rotatable bonds is 4. The second kappa shape index (κ2) is 6.24. The van der Waals surface area contributed by atoms with E-state index < -0.39 is 5.91 Å². The summed E-state index contributed by atoms with van der Waals surface area (Å²) in [6, 6.07) is 2.98. The Labute approximate surface area is 131 Å². The van der Waals surface area contributed by atoms with Crippen molar-refractivity contribution in [2.45, 2.75) is 20.0 Å². The molecular weight excluding hydrogens is 315 g/mol. The molecule has 0 bridgehead atoms. The number of aromatic nitrogens is 2. The number of aryl methyl sites for hydroxylation is 1. The van der Waals surface area contributed by atoms with Crippen molar-refractivity contribution in [3.63, 3.8) is 0 Å². The van der Waals surface area contributed by atoms with E-state index in [0.717, 1.165) is 0 Å². The lowest BCUT2D eigenvalue weighted by molar-refractivity contribution is -0.116. The Morgan fingerprint density at radius 2 is 1.81 bits per heavy atom.